The zero-order chi connectivity index (χ0) is 14.4. The number of oxime groups is 1. The highest BCUT2D eigenvalue weighted by Gasteiger charge is 2.62. The summed E-state index contributed by atoms with van der Waals surface area (Å²) in [5.41, 5.74) is 2.34. The summed E-state index contributed by atoms with van der Waals surface area (Å²) in [4.78, 5) is 0. The fourth-order valence-corrected chi connectivity index (χ4v) is 4.24. The van der Waals surface area contributed by atoms with Crippen molar-refractivity contribution in [2.24, 2.45) is 22.4 Å². The number of nitrogens with zero attached hydrogens (tertiary/aromatic N) is 1. The topological polar surface area (TPSA) is 44.6 Å². The number of rotatable bonds is 3. The molecule has 0 heterocycles. The Morgan fingerprint density at radius 2 is 1.95 bits per heavy atom. The first kappa shape index (κ1) is 13.6. The SMILES string of the molecule is CC1(C)[C@H]2C/C(=N/O)[C@@](C)(NCc3ccccc3)[C@@H]1C2. The zero-order valence-corrected chi connectivity index (χ0v) is 12.6. The second kappa shape index (κ2) is 4.59. The highest BCUT2D eigenvalue weighted by atomic mass is 16.4. The van der Waals surface area contributed by atoms with Crippen LogP contribution in [0.15, 0.2) is 35.5 Å². The van der Waals surface area contributed by atoms with E-state index in [-0.39, 0.29) is 5.54 Å². The van der Waals surface area contributed by atoms with Gasteiger partial charge in [-0.1, -0.05) is 49.3 Å². The van der Waals surface area contributed by atoms with Gasteiger partial charge in [-0.2, -0.15) is 0 Å². The molecule has 1 aromatic rings. The molecule has 1 aromatic carbocycles. The van der Waals surface area contributed by atoms with E-state index in [0.717, 1.165) is 18.7 Å². The van der Waals surface area contributed by atoms with Crippen LogP contribution in [0.2, 0.25) is 0 Å². The van der Waals surface area contributed by atoms with Gasteiger partial charge in [-0.15, -0.1) is 0 Å². The average molecular weight is 272 g/mol. The molecule has 0 amide bonds. The van der Waals surface area contributed by atoms with Crippen LogP contribution in [0.25, 0.3) is 0 Å². The Labute approximate surface area is 121 Å². The third-order valence-corrected chi connectivity index (χ3v) is 5.83. The lowest BCUT2D eigenvalue weighted by Crippen LogP contribution is -2.70. The van der Waals surface area contributed by atoms with Gasteiger partial charge in [0, 0.05) is 6.54 Å². The van der Waals surface area contributed by atoms with E-state index in [2.05, 4.69) is 55.5 Å². The van der Waals surface area contributed by atoms with Gasteiger partial charge in [-0.05, 0) is 42.6 Å². The predicted octanol–water partition coefficient (Wildman–Crippen LogP) is 3.43. The minimum atomic E-state index is -0.192. The van der Waals surface area contributed by atoms with E-state index >= 15 is 0 Å². The summed E-state index contributed by atoms with van der Waals surface area (Å²) in [6, 6.07) is 10.4. The second-order valence-corrected chi connectivity index (χ2v) is 7.10. The van der Waals surface area contributed by atoms with Gasteiger partial charge >= 0.3 is 0 Å². The molecule has 20 heavy (non-hydrogen) atoms. The molecule has 0 aliphatic heterocycles. The van der Waals surface area contributed by atoms with Crippen LogP contribution in [0.3, 0.4) is 0 Å². The molecule has 3 saturated carbocycles. The van der Waals surface area contributed by atoms with Crippen LogP contribution in [0.5, 0.6) is 0 Å². The van der Waals surface area contributed by atoms with Gasteiger partial charge < -0.3 is 10.5 Å². The van der Waals surface area contributed by atoms with Crippen molar-refractivity contribution < 1.29 is 5.21 Å². The van der Waals surface area contributed by atoms with Gasteiger partial charge in [0.25, 0.3) is 0 Å². The van der Waals surface area contributed by atoms with Gasteiger partial charge in [-0.25, -0.2) is 0 Å². The maximum absolute atomic E-state index is 9.38. The predicted molar refractivity (Wildman–Crippen MR) is 80.9 cm³/mol. The van der Waals surface area contributed by atoms with Crippen molar-refractivity contribution in [2.45, 2.75) is 45.7 Å². The molecule has 3 aliphatic rings. The van der Waals surface area contributed by atoms with Crippen molar-refractivity contribution in [3.05, 3.63) is 35.9 Å². The van der Waals surface area contributed by atoms with Crippen molar-refractivity contribution in [3.63, 3.8) is 0 Å². The summed E-state index contributed by atoms with van der Waals surface area (Å²) in [6.07, 6.45) is 2.16. The van der Waals surface area contributed by atoms with Gasteiger partial charge in [-0.3, -0.25) is 0 Å². The maximum atomic E-state index is 9.38. The fraction of sp³-hybridized carbons (Fsp3) is 0.588. The van der Waals surface area contributed by atoms with Crippen LogP contribution in [-0.4, -0.2) is 16.5 Å². The largest absolute Gasteiger partial charge is 0.411 e. The molecule has 3 atom stereocenters. The molecular weight excluding hydrogens is 248 g/mol. The minimum absolute atomic E-state index is 0.192. The molecule has 0 saturated heterocycles. The van der Waals surface area contributed by atoms with Gasteiger partial charge in [0.2, 0.25) is 0 Å². The normalized spacial score (nSPS) is 36.6. The Morgan fingerprint density at radius 1 is 1.25 bits per heavy atom. The molecule has 2 bridgehead atoms. The van der Waals surface area contributed by atoms with Crippen LogP contribution in [0, 0.1) is 17.3 Å². The van der Waals surface area contributed by atoms with E-state index in [0.29, 0.717) is 17.3 Å². The molecule has 4 rings (SSSR count). The van der Waals surface area contributed by atoms with Crippen molar-refractivity contribution in [1.29, 1.82) is 0 Å². The van der Waals surface area contributed by atoms with Crippen LogP contribution in [0.1, 0.15) is 39.2 Å². The number of nitrogens with one attached hydrogen (secondary N) is 1. The minimum Gasteiger partial charge on any atom is -0.411 e. The van der Waals surface area contributed by atoms with Gasteiger partial charge in [0.15, 0.2) is 0 Å². The highest BCUT2D eigenvalue weighted by Crippen LogP contribution is 2.61. The van der Waals surface area contributed by atoms with Crippen LogP contribution in [-0.2, 0) is 6.54 Å². The third kappa shape index (κ3) is 1.87. The Bertz CT molecular complexity index is 523. The summed E-state index contributed by atoms with van der Waals surface area (Å²) >= 11 is 0. The first-order valence-electron chi connectivity index (χ1n) is 7.49. The lowest BCUT2D eigenvalue weighted by Gasteiger charge is -2.64. The summed E-state index contributed by atoms with van der Waals surface area (Å²) in [5, 5.41) is 16.7. The second-order valence-electron chi connectivity index (χ2n) is 7.10. The van der Waals surface area contributed by atoms with Crippen molar-refractivity contribution in [2.75, 3.05) is 0 Å². The lowest BCUT2D eigenvalue weighted by atomic mass is 9.43. The van der Waals surface area contributed by atoms with E-state index in [1.165, 1.54) is 12.0 Å². The number of hydrogen-bond donors (Lipinski definition) is 2. The van der Waals surface area contributed by atoms with E-state index < -0.39 is 0 Å². The summed E-state index contributed by atoms with van der Waals surface area (Å²) in [7, 11) is 0. The summed E-state index contributed by atoms with van der Waals surface area (Å²) in [5.74, 6) is 1.22. The number of fused-ring (bicyclic) bond motifs is 2. The van der Waals surface area contributed by atoms with Gasteiger partial charge in [0.1, 0.15) is 0 Å². The standard InChI is InChI=1S/C17H24N2O/c1-16(2)13-9-14(16)17(3,15(10-13)19-20)18-11-12-7-5-4-6-8-12/h4-8,13-14,18,20H,9-11H2,1-3H3/b19-15-/t13-,14-,17+/m1/s1. The molecule has 108 valence electrons. The quantitative estimate of drug-likeness (QED) is 0.654. The summed E-state index contributed by atoms with van der Waals surface area (Å²) < 4.78 is 0. The molecule has 0 aromatic heterocycles. The Hall–Kier alpha value is -1.35. The average Bonchev–Trinajstić information content (AvgIpc) is 2.46. The smallest absolute Gasteiger partial charge is 0.0774 e. The van der Waals surface area contributed by atoms with Crippen molar-refractivity contribution in [1.82, 2.24) is 5.32 Å². The number of hydrogen-bond acceptors (Lipinski definition) is 3. The molecule has 2 N–H and O–H groups in total. The summed E-state index contributed by atoms with van der Waals surface area (Å²) in [6.45, 7) is 7.71. The molecule has 0 unspecified atom stereocenters. The van der Waals surface area contributed by atoms with Crippen LogP contribution >= 0.6 is 0 Å². The maximum Gasteiger partial charge on any atom is 0.0774 e. The lowest BCUT2D eigenvalue weighted by molar-refractivity contribution is -0.0739. The molecule has 3 fully saturated rings. The number of benzene rings is 1. The van der Waals surface area contributed by atoms with E-state index in [4.69, 9.17) is 0 Å². The Kier molecular flexibility index (Phi) is 3.13. The monoisotopic (exact) mass is 272 g/mol. The first-order valence-corrected chi connectivity index (χ1v) is 7.49. The molecule has 3 aliphatic carbocycles. The van der Waals surface area contributed by atoms with E-state index in [9.17, 15) is 5.21 Å². The van der Waals surface area contributed by atoms with E-state index in [1.807, 2.05) is 6.07 Å². The van der Waals surface area contributed by atoms with Gasteiger partial charge in [0.05, 0.1) is 11.3 Å². The first-order chi connectivity index (χ1) is 9.48. The third-order valence-electron chi connectivity index (χ3n) is 5.83. The Balaban J connectivity index is 1.81. The van der Waals surface area contributed by atoms with Crippen LogP contribution in [0.4, 0.5) is 0 Å². The van der Waals surface area contributed by atoms with Crippen molar-refractivity contribution >= 4 is 5.71 Å². The molecule has 0 radical (unpaired) electrons. The Morgan fingerprint density at radius 3 is 2.55 bits per heavy atom. The van der Waals surface area contributed by atoms with Crippen LogP contribution < -0.4 is 5.32 Å². The fourth-order valence-electron chi connectivity index (χ4n) is 4.24. The molecule has 0 spiro atoms. The molecule has 3 heteroatoms. The van der Waals surface area contributed by atoms with E-state index in [1.54, 1.807) is 0 Å². The van der Waals surface area contributed by atoms with Crippen molar-refractivity contribution in [3.8, 4) is 0 Å². The highest BCUT2D eigenvalue weighted by molar-refractivity contribution is 5.95. The molecule has 3 nitrogen and oxygen atoms in total. The molecular formula is C17H24N2O. The zero-order valence-electron chi connectivity index (χ0n) is 12.6.